The standard InChI is InChI=1S/C18H15F3N2O2/c1-11(24)23-9-8-13-10-15(6-7-16(13)23)22-17(25)12-2-4-14(5-3-12)18(19,20)21/h2-7,10H,8-9H2,1H3,(H,22,25). The molecular weight excluding hydrogens is 333 g/mol. The predicted molar refractivity (Wildman–Crippen MR) is 87.6 cm³/mol. The Morgan fingerprint density at radius 2 is 1.76 bits per heavy atom. The summed E-state index contributed by atoms with van der Waals surface area (Å²) in [6.45, 7) is 2.09. The third-order valence-corrected chi connectivity index (χ3v) is 4.09. The second-order valence-electron chi connectivity index (χ2n) is 5.79. The Labute approximate surface area is 142 Å². The number of hydrogen-bond acceptors (Lipinski definition) is 2. The van der Waals surface area contributed by atoms with E-state index in [1.165, 1.54) is 6.92 Å². The summed E-state index contributed by atoms with van der Waals surface area (Å²) in [5.41, 5.74) is 1.64. The van der Waals surface area contributed by atoms with Crippen molar-refractivity contribution in [1.29, 1.82) is 0 Å². The Kier molecular flexibility index (Phi) is 4.24. The van der Waals surface area contributed by atoms with Gasteiger partial charge in [-0.1, -0.05) is 0 Å². The van der Waals surface area contributed by atoms with E-state index in [2.05, 4.69) is 5.32 Å². The van der Waals surface area contributed by atoms with E-state index < -0.39 is 17.6 Å². The molecule has 0 aliphatic carbocycles. The van der Waals surface area contributed by atoms with Crippen LogP contribution >= 0.6 is 0 Å². The first-order valence-corrected chi connectivity index (χ1v) is 7.65. The van der Waals surface area contributed by atoms with Gasteiger partial charge in [-0.15, -0.1) is 0 Å². The van der Waals surface area contributed by atoms with Crippen LogP contribution in [0.1, 0.15) is 28.4 Å². The van der Waals surface area contributed by atoms with Crippen LogP contribution < -0.4 is 10.2 Å². The Hall–Kier alpha value is -2.83. The second kappa shape index (κ2) is 6.23. The van der Waals surface area contributed by atoms with Crippen molar-refractivity contribution in [3.05, 3.63) is 59.2 Å². The van der Waals surface area contributed by atoms with Crippen LogP contribution in [0.2, 0.25) is 0 Å². The molecule has 3 rings (SSSR count). The highest BCUT2D eigenvalue weighted by Gasteiger charge is 2.30. The molecule has 0 bridgehead atoms. The van der Waals surface area contributed by atoms with E-state index in [9.17, 15) is 22.8 Å². The van der Waals surface area contributed by atoms with Gasteiger partial charge in [0, 0.05) is 30.4 Å². The Balaban J connectivity index is 1.75. The number of fused-ring (bicyclic) bond motifs is 1. The molecule has 4 nitrogen and oxygen atoms in total. The van der Waals surface area contributed by atoms with Gasteiger partial charge in [0.15, 0.2) is 0 Å². The average Bonchev–Trinajstić information content (AvgIpc) is 2.97. The molecule has 0 atom stereocenters. The van der Waals surface area contributed by atoms with Crippen LogP contribution in [0.25, 0.3) is 0 Å². The highest BCUT2D eigenvalue weighted by atomic mass is 19.4. The molecule has 0 aromatic heterocycles. The molecule has 0 saturated heterocycles. The lowest BCUT2D eigenvalue weighted by Gasteiger charge is -2.15. The zero-order chi connectivity index (χ0) is 18.2. The van der Waals surface area contributed by atoms with E-state index in [1.807, 2.05) is 0 Å². The van der Waals surface area contributed by atoms with Gasteiger partial charge in [0.25, 0.3) is 5.91 Å². The third-order valence-electron chi connectivity index (χ3n) is 4.09. The third kappa shape index (κ3) is 3.50. The number of nitrogens with one attached hydrogen (secondary N) is 1. The molecule has 0 unspecified atom stereocenters. The van der Waals surface area contributed by atoms with Crippen molar-refractivity contribution < 1.29 is 22.8 Å². The van der Waals surface area contributed by atoms with Crippen molar-refractivity contribution in [3.8, 4) is 0 Å². The molecule has 2 aromatic carbocycles. The predicted octanol–water partition coefficient (Wildman–Crippen LogP) is 3.87. The second-order valence-corrected chi connectivity index (χ2v) is 5.79. The van der Waals surface area contributed by atoms with Crippen molar-refractivity contribution in [2.75, 3.05) is 16.8 Å². The van der Waals surface area contributed by atoms with Crippen LogP contribution in [0.4, 0.5) is 24.5 Å². The topological polar surface area (TPSA) is 49.4 Å². The maximum absolute atomic E-state index is 12.6. The lowest BCUT2D eigenvalue weighted by atomic mass is 10.1. The van der Waals surface area contributed by atoms with E-state index in [-0.39, 0.29) is 11.5 Å². The minimum Gasteiger partial charge on any atom is -0.322 e. The fraction of sp³-hybridized carbons (Fsp3) is 0.222. The van der Waals surface area contributed by atoms with Crippen molar-refractivity contribution in [2.45, 2.75) is 19.5 Å². The van der Waals surface area contributed by atoms with Gasteiger partial charge < -0.3 is 10.2 Å². The lowest BCUT2D eigenvalue weighted by Crippen LogP contribution is -2.25. The maximum Gasteiger partial charge on any atom is 0.416 e. The Bertz CT molecular complexity index is 829. The zero-order valence-electron chi connectivity index (χ0n) is 13.4. The molecule has 0 radical (unpaired) electrons. The van der Waals surface area contributed by atoms with Gasteiger partial charge in [-0.3, -0.25) is 9.59 Å². The number of halogens is 3. The van der Waals surface area contributed by atoms with Crippen molar-refractivity contribution in [2.24, 2.45) is 0 Å². The Morgan fingerprint density at radius 3 is 2.36 bits per heavy atom. The number of hydrogen-bond donors (Lipinski definition) is 1. The normalized spacial score (nSPS) is 13.5. The molecule has 1 aliphatic rings. The number of carbonyl (C=O) groups is 2. The smallest absolute Gasteiger partial charge is 0.322 e. The fourth-order valence-corrected chi connectivity index (χ4v) is 2.82. The number of benzene rings is 2. The largest absolute Gasteiger partial charge is 0.416 e. The minimum absolute atomic E-state index is 0.0414. The summed E-state index contributed by atoms with van der Waals surface area (Å²) in [4.78, 5) is 25.4. The SMILES string of the molecule is CC(=O)N1CCc2cc(NC(=O)c3ccc(C(F)(F)F)cc3)ccc21. The molecule has 1 aliphatic heterocycles. The van der Waals surface area contributed by atoms with Gasteiger partial charge in [0.05, 0.1) is 5.56 Å². The van der Waals surface area contributed by atoms with Crippen LogP contribution in [0.3, 0.4) is 0 Å². The molecule has 25 heavy (non-hydrogen) atoms. The van der Waals surface area contributed by atoms with E-state index in [0.717, 1.165) is 35.5 Å². The first-order valence-electron chi connectivity index (χ1n) is 7.65. The fourth-order valence-electron chi connectivity index (χ4n) is 2.82. The van der Waals surface area contributed by atoms with Gasteiger partial charge in [-0.05, 0) is 54.4 Å². The van der Waals surface area contributed by atoms with Gasteiger partial charge >= 0.3 is 6.18 Å². The molecule has 0 fully saturated rings. The van der Waals surface area contributed by atoms with Gasteiger partial charge in [0.1, 0.15) is 0 Å². The van der Waals surface area contributed by atoms with E-state index in [4.69, 9.17) is 0 Å². The number of carbonyl (C=O) groups excluding carboxylic acids is 2. The number of alkyl halides is 3. The van der Waals surface area contributed by atoms with Crippen molar-refractivity contribution >= 4 is 23.2 Å². The first-order chi connectivity index (χ1) is 11.8. The molecule has 0 saturated carbocycles. The summed E-state index contributed by atoms with van der Waals surface area (Å²) in [6.07, 6.45) is -3.74. The zero-order valence-corrected chi connectivity index (χ0v) is 13.4. The maximum atomic E-state index is 12.6. The van der Waals surface area contributed by atoms with E-state index >= 15 is 0 Å². The highest BCUT2D eigenvalue weighted by Crippen LogP contribution is 2.31. The number of nitrogens with zero attached hydrogens (tertiary/aromatic N) is 1. The molecule has 0 spiro atoms. The molecule has 2 amide bonds. The first kappa shape index (κ1) is 17.0. The molecule has 130 valence electrons. The molecule has 1 heterocycles. The monoisotopic (exact) mass is 348 g/mol. The molecular formula is C18H15F3N2O2. The average molecular weight is 348 g/mol. The van der Waals surface area contributed by atoms with Gasteiger partial charge in [-0.2, -0.15) is 13.2 Å². The van der Waals surface area contributed by atoms with Crippen LogP contribution in [0.5, 0.6) is 0 Å². The van der Waals surface area contributed by atoms with Crippen molar-refractivity contribution in [3.63, 3.8) is 0 Å². The van der Waals surface area contributed by atoms with Crippen LogP contribution in [0, 0.1) is 0 Å². The van der Waals surface area contributed by atoms with E-state index in [1.54, 1.807) is 23.1 Å². The van der Waals surface area contributed by atoms with Crippen LogP contribution in [0.15, 0.2) is 42.5 Å². The van der Waals surface area contributed by atoms with Gasteiger partial charge in [0.2, 0.25) is 5.91 Å². The molecule has 1 N–H and O–H groups in total. The quantitative estimate of drug-likeness (QED) is 0.896. The molecule has 2 aromatic rings. The number of anilines is 2. The van der Waals surface area contributed by atoms with E-state index in [0.29, 0.717) is 18.7 Å². The Morgan fingerprint density at radius 1 is 1.08 bits per heavy atom. The summed E-state index contributed by atoms with van der Waals surface area (Å²) >= 11 is 0. The summed E-state index contributed by atoms with van der Waals surface area (Å²) in [5.74, 6) is -0.532. The van der Waals surface area contributed by atoms with Gasteiger partial charge in [-0.25, -0.2) is 0 Å². The molecule has 7 heteroatoms. The van der Waals surface area contributed by atoms with Crippen LogP contribution in [-0.2, 0) is 17.4 Å². The number of rotatable bonds is 2. The van der Waals surface area contributed by atoms with Crippen LogP contribution in [-0.4, -0.2) is 18.4 Å². The summed E-state index contributed by atoms with van der Waals surface area (Å²) < 4.78 is 37.7. The summed E-state index contributed by atoms with van der Waals surface area (Å²) in [7, 11) is 0. The van der Waals surface area contributed by atoms with Crippen molar-refractivity contribution in [1.82, 2.24) is 0 Å². The summed E-state index contributed by atoms with van der Waals surface area (Å²) in [6, 6.07) is 9.24. The minimum atomic E-state index is -4.43. The lowest BCUT2D eigenvalue weighted by molar-refractivity contribution is -0.137. The highest BCUT2D eigenvalue weighted by molar-refractivity contribution is 6.04. The summed E-state index contributed by atoms with van der Waals surface area (Å²) in [5, 5.41) is 2.67. The number of amides is 2.